The van der Waals surface area contributed by atoms with Crippen molar-refractivity contribution >= 4 is 15.8 Å². The van der Waals surface area contributed by atoms with Crippen LogP contribution in [0.3, 0.4) is 0 Å². The fraction of sp³-hybridized carbons (Fsp3) is 0.176. The predicted molar refractivity (Wildman–Crippen MR) is 94.5 cm³/mol. The molecule has 0 bridgehead atoms. The van der Waals surface area contributed by atoms with Crippen LogP contribution in [0.4, 0.5) is 4.39 Å². The number of Topliss-reactive ketones (excluding diaryl/α,β-unsaturated/α-hetero) is 1. The average Bonchev–Trinajstić information content (AvgIpc) is 3.11. The lowest BCUT2D eigenvalue weighted by molar-refractivity contribution is -0.119. The minimum atomic E-state index is -4.17. The first kappa shape index (κ1) is 18.8. The lowest BCUT2D eigenvalue weighted by atomic mass is 10.1. The molecular weight excluding hydrogens is 373 g/mol. The molecule has 0 saturated carbocycles. The van der Waals surface area contributed by atoms with Crippen LogP contribution < -0.4 is 4.72 Å². The molecule has 0 amide bonds. The summed E-state index contributed by atoms with van der Waals surface area (Å²) in [6.45, 7) is 1.39. The monoisotopic (exact) mass is 389 g/mol. The van der Waals surface area contributed by atoms with Gasteiger partial charge in [0.15, 0.2) is 11.6 Å². The Labute approximate surface area is 154 Å². The van der Waals surface area contributed by atoms with Crippen LogP contribution in [-0.2, 0) is 21.2 Å². The topological polar surface area (TPSA) is 118 Å². The van der Waals surface area contributed by atoms with E-state index in [1.807, 2.05) is 0 Å². The van der Waals surface area contributed by atoms with Crippen LogP contribution in [0.2, 0.25) is 0 Å². The quantitative estimate of drug-likeness (QED) is 0.632. The van der Waals surface area contributed by atoms with Gasteiger partial charge in [-0.05, 0) is 31.2 Å². The number of sulfonamides is 1. The first-order valence-corrected chi connectivity index (χ1v) is 9.47. The highest BCUT2D eigenvalue weighted by molar-refractivity contribution is 7.89. The fourth-order valence-electron chi connectivity index (χ4n) is 2.33. The summed E-state index contributed by atoms with van der Waals surface area (Å²) in [6.07, 6.45) is 1.43. The number of nitrogens with one attached hydrogen (secondary N) is 2. The van der Waals surface area contributed by atoms with Gasteiger partial charge in [-0.3, -0.25) is 14.9 Å². The zero-order valence-corrected chi connectivity index (χ0v) is 15.1. The van der Waals surface area contributed by atoms with Crippen molar-refractivity contribution < 1.29 is 17.6 Å². The van der Waals surface area contributed by atoms with Gasteiger partial charge in [0, 0.05) is 6.20 Å². The predicted octanol–water partition coefficient (Wildman–Crippen LogP) is 1.48. The number of hydrogen-bond acceptors (Lipinski definition) is 6. The zero-order chi connectivity index (χ0) is 19.4. The van der Waals surface area contributed by atoms with E-state index in [4.69, 9.17) is 0 Å². The summed E-state index contributed by atoms with van der Waals surface area (Å²) in [5, 5.41) is 6.63. The van der Waals surface area contributed by atoms with Crippen molar-refractivity contribution in [3.63, 3.8) is 0 Å². The summed E-state index contributed by atoms with van der Waals surface area (Å²) in [5.41, 5.74) is 0.542. The van der Waals surface area contributed by atoms with Crippen LogP contribution in [0, 0.1) is 5.82 Å². The standard InChI is InChI=1S/C17H16FN5O3S/c1-11(23-27(25,26)15-8-3-2-6-12(15)18)14(24)10-16-20-17(22-21-16)13-7-4-5-9-19-13/h2-9,11,23H,10H2,1H3,(H,20,21,22)/t11-/m0/s1. The van der Waals surface area contributed by atoms with Crippen LogP contribution in [0.5, 0.6) is 0 Å². The number of carbonyl (C=O) groups is 1. The van der Waals surface area contributed by atoms with Crippen molar-refractivity contribution in [2.24, 2.45) is 0 Å². The molecule has 140 valence electrons. The molecule has 2 aromatic heterocycles. The number of halogens is 1. The molecule has 0 aliphatic rings. The van der Waals surface area contributed by atoms with Gasteiger partial charge in [0.25, 0.3) is 0 Å². The summed E-state index contributed by atoms with van der Waals surface area (Å²) in [7, 11) is -4.17. The van der Waals surface area contributed by atoms with Gasteiger partial charge < -0.3 is 0 Å². The van der Waals surface area contributed by atoms with Gasteiger partial charge in [-0.15, -0.1) is 0 Å². The Morgan fingerprint density at radius 3 is 2.67 bits per heavy atom. The van der Waals surface area contributed by atoms with E-state index in [9.17, 15) is 17.6 Å². The molecule has 8 nitrogen and oxygen atoms in total. The van der Waals surface area contributed by atoms with Crippen LogP contribution in [-0.4, -0.2) is 40.4 Å². The third-order valence-electron chi connectivity index (χ3n) is 3.71. The second-order valence-corrected chi connectivity index (χ2v) is 7.42. The van der Waals surface area contributed by atoms with Crippen molar-refractivity contribution in [3.8, 4) is 11.5 Å². The van der Waals surface area contributed by atoms with E-state index in [0.29, 0.717) is 11.5 Å². The molecule has 1 aromatic carbocycles. The lowest BCUT2D eigenvalue weighted by Gasteiger charge is -2.13. The number of benzene rings is 1. The number of carbonyl (C=O) groups excluding carboxylic acids is 1. The van der Waals surface area contributed by atoms with Gasteiger partial charge in [0.05, 0.1) is 12.5 Å². The van der Waals surface area contributed by atoms with Gasteiger partial charge in [-0.2, -0.15) is 5.10 Å². The summed E-state index contributed by atoms with van der Waals surface area (Å²) in [4.78, 5) is 20.1. The number of pyridine rings is 1. The first-order valence-electron chi connectivity index (χ1n) is 7.99. The van der Waals surface area contributed by atoms with Gasteiger partial charge in [0.1, 0.15) is 22.2 Å². The maximum absolute atomic E-state index is 13.7. The first-order chi connectivity index (χ1) is 12.9. The number of hydrogen-bond donors (Lipinski definition) is 2. The van der Waals surface area contributed by atoms with E-state index in [2.05, 4.69) is 24.9 Å². The van der Waals surface area contributed by atoms with Gasteiger partial charge in [0.2, 0.25) is 10.0 Å². The van der Waals surface area contributed by atoms with Crippen molar-refractivity contribution in [2.45, 2.75) is 24.3 Å². The van der Waals surface area contributed by atoms with E-state index >= 15 is 0 Å². The largest absolute Gasteiger partial charge is 0.297 e. The third-order valence-corrected chi connectivity index (χ3v) is 5.28. The Bertz CT molecular complexity index is 1050. The molecule has 0 aliphatic carbocycles. The molecule has 1 atom stereocenters. The molecule has 0 aliphatic heterocycles. The maximum atomic E-state index is 13.7. The summed E-state index contributed by atoms with van der Waals surface area (Å²) in [5.74, 6) is -0.728. The fourth-order valence-corrected chi connectivity index (χ4v) is 3.63. The van der Waals surface area contributed by atoms with Crippen molar-refractivity contribution in [2.75, 3.05) is 0 Å². The normalized spacial score (nSPS) is 12.7. The van der Waals surface area contributed by atoms with E-state index in [1.165, 1.54) is 19.1 Å². The number of H-pyrrole nitrogens is 1. The van der Waals surface area contributed by atoms with Crippen LogP contribution in [0.15, 0.2) is 53.6 Å². The van der Waals surface area contributed by atoms with Crippen LogP contribution in [0.1, 0.15) is 12.7 Å². The molecule has 0 unspecified atom stereocenters. The lowest BCUT2D eigenvalue weighted by Crippen LogP contribution is -2.39. The molecule has 2 N–H and O–H groups in total. The molecule has 10 heteroatoms. The van der Waals surface area contributed by atoms with Gasteiger partial charge in [-0.1, -0.05) is 18.2 Å². The van der Waals surface area contributed by atoms with Crippen molar-refractivity contribution in [1.82, 2.24) is 24.9 Å². The van der Waals surface area contributed by atoms with E-state index in [-0.39, 0.29) is 12.2 Å². The Morgan fingerprint density at radius 1 is 1.22 bits per heavy atom. The van der Waals surface area contributed by atoms with E-state index in [0.717, 1.165) is 12.1 Å². The number of rotatable bonds is 7. The second-order valence-electron chi connectivity index (χ2n) is 5.74. The number of nitrogens with zero attached hydrogens (tertiary/aromatic N) is 3. The van der Waals surface area contributed by atoms with Crippen LogP contribution >= 0.6 is 0 Å². The van der Waals surface area contributed by atoms with E-state index < -0.39 is 32.6 Å². The maximum Gasteiger partial charge on any atom is 0.244 e. The second kappa shape index (κ2) is 7.72. The highest BCUT2D eigenvalue weighted by Gasteiger charge is 2.25. The molecule has 27 heavy (non-hydrogen) atoms. The molecule has 3 rings (SSSR count). The van der Waals surface area contributed by atoms with Gasteiger partial charge >= 0.3 is 0 Å². The molecule has 0 spiro atoms. The van der Waals surface area contributed by atoms with Crippen molar-refractivity contribution in [3.05, 3.63) is 60.3 Å². The molecule has 0 radical (unpaired) electrons. The molecule has 2 heterocycles. The minimum absolute atomic E-state index is 0.166. The number of aromatic nitrogens is 4. The smallest absolute Gasteiger partial charge is 0.244 e. The van der Waals surface area contributed by atoms with Gasteiger partial charge in [-0.25, -0.2) is 22.5 Å². The molecule has 0 fully saturated rings. The Balaban J connectivity index is 1.68. The highest BCUT2D eigenvalue weighted by atomic mass is 32.2. The Hall–Kier alpha value is -2.98. The summed E-state index contributed by atoms with van der Waals surface area (Å²) in [6, 6.07) is 9.13. The number of aromatic amines is 1. The minimum Gasteiger partial charge on any atom is -0.297 e. The average molecular weight is 389 g/mol. The third kappa shape index (κ3) is 4.41. The summed E-state index contributed by atoms with van der Waals surface area (Å²) < 4.78 is 40.4. The summed E-state index contributed by atoms with van der Waals surface area (Å²) >= 11 is 0. The Kier molecular flexibility index (Phi) is 5.38. The molecular formula is C17H16FN5O3S. The Morgan fingerprint density at radius 2 is 1.96 bits per heavy atom. The molecule has 3 aromatic rings. The van der Waals surface area contributed by atoms with Crippen LogP contribution in [0.25, 0.3) is 11.5 Å². The van der Waals surface area contributed by atoms with Crippen molar-refractivity contribution in [1.29, 1.82) is 0 Å². The van der Waals surface area contributed by atoms with E-state index in [1.54, 1.807) is 24.4 Å². The SMILES string of the molecule is C[C@H](NS(=O)(=O)c1ccccc1F)C(=O)Cc1nc(-c2ccccn2)n[nH]1. The zero-order valence-electron chi connectivity index (χ0n) is 14.3. The number of ketones is 1. The highest BCUT2D eigenvalue weighted by Crippen LogP contribution is 2.14. The molecule has 0 saturated heterocycles.